The standard InChI is InChI=1S/C25H30ClN5O2/c1-4-6-20(27-2)18-7-5-8-22-19(24(18)26)15-21(25(32)30(22)3)29-23-10-9-17(16-28-23)31-11-13-33-14-12-31/h5,8-10,15-16H,4,6-7,11-14H2,1-3H3,(H,28,29)/b27-20+. The van der Waals surface area contributed by atoms with Crippen LogP contribution in [0, 0.1) is 0 Å². The molecule has 2 aromatic heterocycles. The van der Waals surface area contributed by atoms with Crippen LogP contribution in [0.25, 0.3) is 11.1 Å². The van der Waals surface area contributed by atoms with Gasteiger partial charge in [-0.1, -0.05) is 31.0 Å². The van der Waals surface area contributed by atoms with Crippen molar-refractivity contribution in [2.75, 3.05) is 43.6 Å². The molecule has 1 N–H and O–H groups in total. The van der Waals surface area contributed by atoms with E-state index >= 15 is 0 Å². The molecular formula is C25H30ClN5O2. The van der Waals surface area contributed by atoms with Gasteiger partial charge in [-0.25, -0.2) is 4.98 Å². The minimum atomic E-state index is -0.136. The first-order valence-electron chi connectivity index (χ1n) is 11.3. The molecule has 0 bridgehead atoms. The molecule has 0 unspecified atom stereocenters. The second-order valence-corrected chi connectivity index (χ2v) is 8.54. The number of fused-ring (bicyclic) bond motifs is 1. The van der Waals surface area contributed by atoms with Gasteiger partial charge in [-0.2, -0.15) is 0 Å². The van der Waals surface area contributed by atoms with E-state index in [1.54, 1.807) is 18.7 Å². The molecule has 0 saturated carbocycles. The van der Waals surface area contributed by atoms with Gasteiger partial charge in [0.1, 0.15) is 11.5 Å². The molecule has 1 saturated heterocycles. The number of morpholine rings is 1. The molecule has 7 nitrogen and oxygen atoms in total. The van der Waals surface area contributed by atoms with Gasteiger partial charge in [-0.3, -0.25) is 9.79 Å². The summed E-state index contributed by atoms with van der Waals surface area (Å²) < 4.78 is 7.05. The number of aliphatic imine (C=N–C) groups is 1. The van der Waals surface area contributed by atoms with Crippen LogP contribution in [0.2, 0.25) is 0 Å². The number of nitrogens with zero attached hydrogens (tertiary/aromatic N) is 4. The molecular weight excluding hydrogens is 438 g/mol. The van der Waals surface area contributed by atoms with Crippen molar-refractivity contribution in [3.63, 3.8) is 0 Å². The zero-order chi connectivity index (χ0) is 23.4. The molecule has 33 heavy (non-hydrogen) atoms. The normalized spacial score (nSPS) is 16.6. The van der Waals surface area contributed by atoms with Crippen LogP contribution in [-0.4, -0.2) is 48.6 Å². The second kappa shape index (κ2) is 10.4. The Kier molecular flexibility index (Phi) is 7.30. The van der Waals surface area contributed by atoms with Crippen molar-refractivity contribution < 1.29 is 4.74 Å². The highest BCUT2D eigenvalue weighted by Crippen LogP contribution is 2.34. The fraction of sp³-hybridized carbons (Fsp3) is 0.400. The van der Waals surface area contributed by atoms with Crippen molar-refractivity contribution in [2.45, 2.75) is 26.2 Å². The van der Waals surface area contributed by atoms with E-state index in [-0.39, 0.29) is 5.56 Å². The predicted octanol–water partition coefficient (Wildman–Crippen LogP) is 4.60. The van der Waals surface area contributed by atoms with Gasteiger partial charge in [0, 0.05) is 38.5 Å². The molecule has 1 aliphatic heterocycles. The number of hydrogen-bond donors (Lipinski definition) is 1. The number of ether oxygens (including phenoxy) is 1. The SMILES string of the molecule is CCC/C(=N\C)C1=C(Cl)c2cc(Nc3ccc(N4CCOCC4)cn3)c(=O)n(C)c2C=CC1. The quantitative estimate of drug-likeness (QED) is 0.629. The minimum absolute atomic E-state index is 0.136. The summed E-state index contributed by atoms with van der Waals surface area (Å²) in [6.45, 7) is 5.27. The first-order valence-corrected chi connectivity index (χ1v) is 11.7. The lowest BCUT2D eigenvalue weighted by molar-refractivity contribution is 0.122. The Hall–Kier alpha value is -2.90. The largest absolute Gasteiger partial charge is 0.378 e. The van der Waals surface area contributed by atoms with E-state index < -0.39 is 0 Å². The Morgan fingerprint density at radius 3 is 2.76 bits per heavy atom. The summed E-state index contributed by atoms with van der Waals surface area (Å²) in [6, 6.07) is 5.73. The summed E-state index contributed by atoms with van der Waals surface area (Å²) in [6.07, 6.45) is 8.36. The molecule has 3 heterocycles. The molecule has 0 amide bonds. The van der Waals surface area contributed by atoms with Crippen LogP contribution in [0.5, 0.6) is 0 Å². The third kappa shape index (κ3) is 4.89. The van der Waals surface area contributed by atoms with Gasteiger partial charge >= 0.3 is 0 Å². The predicted molar refractivity (Wildman–Crippen MR) is 137 cm³/mol. The van der Waals surface area contributed by atoms with Crippen molar-refractivity contribution in [2.24, 2.45) is 12.0 Å². The van der Waals surface area contributed by atoms with Gasteiger partial charge in [-0.15, -0.1) is 0 Å². The Labute approximate surface area is 199 Å². The van der Waals surface area contributed by atoms with Crippen molar-refractivity contribution in [3.8, 4) is 0 Å². The number of pyridine rings is 2. The van der Waals surface area contributed by atoms with Gasteiger partial charge in [0.05, 0.1) is 35.8 Å². The number of halogens is 1. The monoisotopic (exact) mass is 467 g/mol. The first kappa shape index (κ1) is 23.3. The number of nitrogens with one attached hydrogen (secondary N) is 1. The third-order valence-electron chi connectivity index (χ3n) is 6.05. The Morgan fingerprint density at radius 1 is 1.30 bits per heavy atom. The Morgan fingerprint density at radius 2 is 2.09 bits per heavy atom. The number of allylic oxidation sites excluding steroid dienone is 2. The maximum atomic E-state index is 13.1. The van der Waals surface area contributed by atoms with E-state index in [1.165, 1.54) is 0 Å². The van der Waals surface area contributed by atoms with E-state index in [0.717, 1.165) is 67.4 Å². The summed E-state index contributed by atoms with van der Waals surface area (Å²) in [5, 5.41) is 3.83. The molecule has 0 radical (unpaired) electrons. The molecule has 1 fully saturated rings. The molecule has 174 valence electrons. The van der Waals surface area contributed by atoms with Crippen molar-refractivity contribution in [1.29, 1.82) is 0 Å². The maximum absolute atomic E-state index is 13.1. The van der Waals surface area contributed by atoms with Gasteiger partial charge in [0.25, 0.3) is 5.56 Å². The van der Waals surface area contributed by atoms with Crippen molar-refractivity contribution >= 4 is 45.6 Å². The topological polar surface area (TPSA) is 71.8 Å². The summed E-state index contributed by atoms with van der Waals surface area (Å²) >= 11 is 6.92. The molecule has 0 aromatic carbocycles. The van der Waals surface area contributed by atoms with Gasteiger partial charge in [-0.05, 0) is 42.7 Å². The molecule has 2 aliphatic rings. The summed E-state index contributed by atoms with van der Waals surface area (Å²) in [7, 11) is 3.57. The van der Waals surface area contributed by atoms with Crippen LogP contribution in [0.4, 0.5) is 17.2 Å². The lowest BCUT2D eigenvalue weighted by Gasteiger charge is -2.28. The molecule has 2 aromatic rings. The zero-order valence-corrected chi connectivity index (χ0v) is 20.2. The van der Waals surface area contributed by atoms with Gasteiger partial charge in [0.15, 0.2) is 0 Å². The number of hydrogen-bond acceptors (Lipinski definition) is 6. The highest BCUT2D eigenvalue weighted by Gasteiger charge is 2.21. The van der Waals surface area contributed by atoms with E-state index in [0.29, 0.717) is 23.0 Å². The Bertz CT molecular complexity index is 1160. The lowest BCUT2D eigenvalue weighted by atomic mass is 10.0. The van der Waals surface area contributed by atoms with Crippen molar-refractivity contribution in [3.05, 3.63) is 57.7 Å². The molecule has 8 heteroatoms. The van der Waals surface area contributed by atoms with Crippen LogP contribution in [-0.2, 0) is 11.8 Å². The summed E-state index contributed by atoms with van der Waals surface area (Å²) in [5.74, 6) is 0.607. The maximum Gasteiger partial charge on any atom is 0.274 e. The number of aromatic nitrogens is 2. The molecule has 4 rings (SSSR count). The van der Waals surface area contributed by atoms with E-state index in [2.05, 4.69) is 27.1 Å². The zero-order valence-electron chi connectivity index (χ0n) is 19.4. The van der Waals surface area contributed by atoms with Crippen LogP contribution in [0.15, 0.2) is 45.8 Å². The minimum Gasteiger partial charge on any atom is -0.378 e. The lowest BCUT2D eigenvalue weighted by Crippen LogP contribution is -2.36. The highest BCUT2D eigenvalue weighted by molar-refractivity contribution is 6.51. The van der Waals surface area contributed by atoms with E-state index in [4.69, 9.17) is 16.3 Å². The van der Waals surface area contributed by atoms with Crippen LogP contribution in [0.3, 0.4) is 0 Å². The molecule has 0 atom stereocenters. The van der Waals surface area contributed by atoms with E-state index in [9.17, 15) is 4.79 Å². The third-order valence-corrected chi connectivity index (χ3v) is 6.48. The fourth-order valence-corrected chi connectivity index (χ4v) is 4.58. The number of rotatable bonds is 6. The smallest absolute Gasteiger partial charge is 0.274 e. The van der Waals surface area contributed by atoms with Crippen molar-refractivity contribution in [1.82, 2.24) is 9.55 Å². The highest BCUT2D eigenvalue weighted by atomic mass is 35.5. The van der Waals surface area contributed by atoms with Crippen LogP contribution in [0.1, 0.15) is 37.4 Å². The van der Waals surface area contributed by atoms with Gasteiger partial charge in [0.2, 0.25) is 0 Å². The van der Waals surface area contributed by atoms with Crippen LogP contribution < -0.4 is 15.8 Å². The van der Waals surface area contributed by atoms with Gasteiger partial charge < -0.3 is 19.5 Å². The van der Waals surface area contributed by atoms with Crippen LogP contribution >= 0.6 is 11.6 Å². The second-order valence-electron chi connectivity index (χ2n) is 8.17. The molecule has 0 spiro atoms. The Balaban J connectivity index is 1.68. The van der Waals surface area contributed by atoms with E-state index in [1.807, 2.05) is 36.5 Å². The first-order chi connectivity index (χ1) is 16.0. The summed E-state index contributed by atoms with van der Waals surface area (Å²) in [4.78, 5) is 24.3. The fourth-order valence-electron chi connectivity index (χ4n) is 4.24. The average molecular weight is 468 g/mol. The molecule has 1 aliphatic carbocycles. The average Bonchev–Trinajstić information content (AvgIpc) is 3.01. The summed E-state index contributed by atoms with van der Waals surface area (Å²) in [5.41, 5.74) is 4.95. The number of anilines is 3.